The van der Waals surface area contributed by atoms with Gasteiger partial charge in [-0.3, -0.25) is 0 Å². The van der Waals surface area contributed by atoms with E-state index in [2.05, 4.69) is 83.4 Å². The van der Waals surface area contributed by atoms with Crippen LogP contribution < -0.4 is 15.6 Å². The summed E-state index contributed by atoms with van der Waals surface area (Å²) in [4.78, 5) is 0. The molecular formula is C24H14BNO. The Kier molecular flexibility index (Phi) is 2.35. The third-order valence-corrected chi connectivity index (χ3v) is 6.02. The van der Waals surface area contributed by atoms with E-state index in [4.69, 9.17) is 4.65 Å². The first kappa shape index (κ1) is 13.7. The van der Waals surface area contributed by atoms with E-state index in [1.807, 2.05) is 6.07 Å². The first-order valence-corrected chi connectivity index (χ1v) is 9.33. The van der Waals surface area contributed by atoms with Gasteiger partial charge in [0.1, 0.15) is 5.75 Å². The highest BCUT2D eigenvalue weighted by atomic mass is 16.4. The van der Waals surface area contributed by atoms with Crippen LogP contribution in [0.5, 0.6) is 5.75 Å². The highest BCUT2D eigenvalue weighted by molar-refractivity contribution is 6.85. The topological polar surface area (TPSA) is 14.2 Å². The normalized spacial score (nSPS) is 13.4. The molecule has 0 saturated carbocycles. The lowest BCUT2D eigenvalue weighted by atomic mass is 9.50. The Morgan fingerprint density at radius 2 is 1.48 bits per heavy atom. The summed E-state index contributed by atoms with van der Waals surface area (Å²) in [7, 11) is 0. The van der Waals surface area contributed by atoms with Gasteiger partial charge in [-0.25, -0.2) is 0 Å². The van der Waals surface area contributed by atoms with Crippen molar-refractivity contribution in [2.24, 2.45) is 0 Å². The number of aromatic nitrogens is 1. The zero-order valence-electron chi connectivity index (χ0n) is 14.5. The molecule has 0 aliphatic carbocycles. The van der Waals surface area contributed by atoms with Gasteiger partial charge in [0.25, 0.3) is 0 Å². The zero-order valence-corrected chi connectivity index (χ0v) is 14.5. The van der Waals surface area contributed by atoms with Crippen LogP contribution in [0.15, 0.2) is 84.9 Å². The maximum absolute atomic E-state index is 6.57. The molecule has 2 nitrogen and oxygen atoms in total. The molecule has 124 valence electrons. The fraction of sp³-hybridized carbons (Fsp3) is 0. The fourth-order valence-electron chi connectivity index (χ4n) is 4.94. The van der Waals surface area contributed by atoms with Crippen molar-refractivity contribution in [2.75, 3.05) is 0 Å². The van der Waals surface area contributed by atoms with Crippen LogP contribution in [-0.4, -0.2) is 11.5 Å². The lowest BCUT2D eigenvalue weighted by Crippen LogP contribution is -2.54. The second-order valence-electron chi connectivity index (χ2n) is 7.33. The van der Waals surface area contributed by atoms with Gasteiger partial charge in [0.15, 0.2) is 0 Å². The summed E-state index contributed by atoms with van der Waals surface area (Å²) in [6, 6.07) is 30.3. The zero-order chi connectivity index (χ0) is 17.5. The summed E-state index contributed by atoms with van der Waals surface area (Å²) in [6.45, 7) is -0.0633. The van der Waals surface area contributed by atoms with Gasteiger partial charge >= 0.3 is 6.92 Å². The molecule has 0 unspecified atom stereocenters. The number of hydrogen-bond acceptors (Lipinski definition) is 1. The van der Waals surface area contributed by atoms with Crippen LogP contribution in [0.1, 0.15) is 0 Å². The molecule has 5 aromatic rings. The van der Waals surface area contributed by atoms with E-state index < -0.39 is 0 Å². The number of benzene rings is 4. The van der Waals surface area contributed by atoms with Gasteiger partial charge in [0, 0.05) is 27.5 Å². The minimum absolute atomic E-state index is 0.0633. The summed E-state index contributed by atoms with van der Waals surface area (Å²) in [5.41, 5.74) is 8.75. The van der Waals surface area contributed by atoms with E-state index >= 15 is 0 Å². The molecule has 1 aromatic heterocycles. The van der Waals surface area contributed by atoms with Crippen LogP contribution >= 0.6 is 0 Å². The number of hydrogen-bond donors (Lipinski definition) is 0. The van der Waals surface area contributed by atoms with Crippen LogP contribution in [0.4, 0.5) is 0 Å². The monoisotopic (exact) mass is 343 g/mol. The lowest BCUT2D eigenvalue weighted by Gasteiger charge is -2.32. The van der Waals surface area contributed by atoms with Crippen LogP contribution in [0, 0.1) is 0 Å². The molecule has 0 radical (unpaired) electrons. The SMILES string of the molecule is c1ccc2c(c1)OB1c3ccccc3-n3c4ccccc4c4ccc-2c1c43. The molecule has 0 fully saturated rings. The van der Waals surface area contributed by atoms with Crippen LogP contribution in [0.3, 0.4) is 0 Å². The highest BCUT2D eigenvalue weighted by Crippen LogP contribution is 2.40. The third kappa shape index (κ3) is 1.54. The molecule has 3 heteroatoms. The highest BCUT2D eigenvalue weighted by Gasteiger charge is 2.40. The second kappa shape index (κ2) is 4.63. The second-order valence-corrected chi connectivity index (χ2v) is 7.33. The minimum Gasteiger partial charge on any atom is -0.551 e. The van der Waals surface area contributed by atoms with E-state index in [0.717, 1.165) is 5.75 Å². The molecule has 0 atom stereocenters. The summed E-state index contributed by atoms with van der Waals surface area (Å²) in [6.07, 6.45) is 0. The summed E-state index contributed by atoms with van der Waals surface area (Å²) in [5.74, 6) is 0.966. The van der Waals surface area contributed by atoms with Gasteiger partial charge < -0.3 is 9.22 Å². The van der Waals surface area contributed by atoms with Crippen molar-refractivity contribution < 1.29 is 4.65 Å². The number of fused-ring (bicyclic) bond motifs is 8. The van der Waals surface area contributed by atoms with Crippen molar-refractivity contribution in [2.45, 2.75) is 0 Å². The summed E-state index contributed by atoms with van der Waals surface area (Å²) >= 11 is 0. The molecule has 0 saturated heterocycles. The quantitative estimate of drug-likeness (QED) is 0.383. The van der Waals surface area contributed by atoms with Crippen LogP contribution in [-0.2, 0) is 0 Å². The Bertz CT molecular complexity index is 1420. The molecule has 2 aliphatic rings. The average Bonchev–Trinajstić information content (AvgIpc) is 3.08. The van der Waals surface area contributed by atoms with Crippen molar-refractivity contribution in [3.63, 3.8) is 0 Å². The Morgan fingerprint density at radius 3 is 2.48 bits per heavy atom. The molecule has 27 heavy (non-hydrogen) atoms. The van der Waals surface area contributed by atoms with E-state index in [0.29, 0.717) is 0 Å². The minimum atomic E-state index is -0.0633. The van der Waals surface area contributed by atoms with Crippen LogP contribution in [0.25, 0.3) is 38.6 Å². The predicted octanol–water partition coefficient (Wildman–Crippen LogP) is 4.26. The average molecular weight is 343 g/mol. The number of para-hydroxylation sites is 3. The first-order valence-electron chi connectivity index (χ1n) is 9.33. The molecule has 0 bridgehead atoms. The Morgan fingerprint density at radius 1 is 0.667 bits per heavy atom. The first-order chi connectivity index (χ1) is 13.4. The van der Waals surface area contributed by atoms with Gasteiger partial charge in [0.2, 0.25) is 0 Å². The maximum Gasteiger partial charge on any atom is 0.431 e. The summed E-state index contributed by atoms with van der Waals surface area (Å²) in [5, 5.41) is 2.59. The van der Waals surface area contributed by atoms with Gasteiger partial charge in [-0.05, 0) is 29.2 Å². The maximum atomic E-state index is 6.57. The predicted molar refractivity (Wildman–Crippen MR) is 112 cm³/mol. The molecule has 2 aliphatic heterocycles. The summed E-state index contributed by atoms with van der Waals surface area (Å²) < 4.78 is 8.99. The van der Waals surface area contributed by atoms with Crippen molar-refractivity contribution in [3.05, 3.63) is 84.9 Å². The standard InChI is InChI=1S/C24H14BNO/c1-4-10-20-15(7-1)18-14-13-17-16-8-2-6-12-22(16)27-25-19-9-3-5-11-21(19)26(20)24(18)23(17)25/h1-14H. The fourth-order valence-corrected chi connectivity index (χ4v) is 4.94. The number of rotatable bonds is 0. The Labute approximate surface area is 156 Å². The number of nitrogens with zero attached hydrogens (tertiary/aromatic N) is 1. The molecule has 4 aromatic carbocycles. The van der Waals surface area contributed by atoms with Crippen molar-refractivity contribution in [3.8, 4) is 22.6 Å². The van der Waals surface area contributed by atoms with Gasteiger partial charge in [-0.15, -0.1) is 0 Å². The van der Waals surface area contributed by atoms with Crippen molar-refractivity contribution in [1.29, 1.82) is 0 Å². The molecule has 0 amide bonds. The molecule has 3 heterocycles. The van der Waals surface area contributed by atoms with Gasteiger partial charge in [0.05, 0.1) is 11.0 Å². The van der Waals surface area contributed by atoms with Gasteiger partial charge in [-0.2, -0.15) is 0 Å². The molecule has 7 rings (SSSR count). The molecular weight excluding hydrogens is 329 g/mol. The smallest absolute Gasteiger partial charge is 0.431 e. The Balaban J connectivity index is 1.78. The van der Waals surface area contributed by atoms with Crippen LogP contribution in [0.2, 0.25) is 0 Å². The van der Waals surface area contributed by atoms with E-state index in [-0.39, 0.29) is 6.92 Å². The third-order valence-electron chi connectivity index (χ3n) is 6.02. The van der Waals surface area contributed by atoms with E-state index in [9.17, 15) is 0 Å². The van der Waals surface area contributed by atoms with Crippen molar-refractivity contribution in [1.82, 2.24) is 4.57 Å². The van der Waals surface area contributed by atoms with Crippen molar-refractivity contribution >= 4 is 39.6 Å². The lowest BCUT2D eigenvalue weighted by molar-refractivity contribution is 0.590. The Hall–Kier alpha value is -3.46. The van der Waals surface area contributed by atoms with E-state index in [1.54, 1.807) is 0 Å². The molecule has 0 spiro atoms. The largest absolute Gasteiger partial charge is 0.551 e. The van der Waals surface area contributed by atoms with E-state index in [1.165, 1.54) is 49.5 Å². The molecule has 0 N–H and O–H groups in total. The van der Waals surface area contributed by atoms with Gasteiger partial charge in [-0.1, -0.05) is 66.7 Å².